The molecule has 1 amide bonds. The summed E-state index contributed by atoms with van der Waals surface area (Å²) >= 11 is 10.1. The fourth-order valence-corrected chi connectivity index (χ4v) is 4.12. The fraction of sp³-hybridized carbons (Fsp3) is 0.0625. The molecule has 0 saturated carbocycles. The maximum atomic E-state index is 12.3. The van der Waals surface area contributed by atoms with E-state index in [2.05, 4.69) is 53.1 Å². The second-order valence-corrected chi connectivity index (χ2v) is 7.49. The number of benzene rings is 2. The van der Waals surface area contributed by atoms with Gasteiger partial charge in [0.15, 0.2) is 0 Å². The Bertz CT molecular complexity index is 862. The minimum absolute atomic E-state index is 0.0496. The maximum absolute atomic E-state index is 12.3. The molecule has 7 heteroatoms. The number of fused-ring (bicyclic) bond motifs is 1. The number of halogens is 3. The van der Waals surface area contributed by atoms with Crippen molar-refractivity contribution in [3.05, 3.63) is 48.8 Å². The zero-order valence-electron chi connectivity index (χ0n) is 11.8. The predicted molar refractivity (Wildman–Crippen MR) is 101 cm³/mol. The average molecular weight is 504 g/mol. The van der Waals surface area contributed by atoms with Crippen molar-refractivity contribution in [1.82, 2.24) is 0 Å². The number of aromatic hydroxyl groups is 1. The van der Waals surface area contributed by atoms with Crippen molar-refractivity contribution in [3.63, 3.8) is 0 Å². The largest absolute Gasteiger partial charge is 0.506 e. The highest BCUT2D eigenvalue weighted by atomic mass is 79.9. The molecule has 1 aliphatic rings. The lowest BCUT2D eigenvalue weighted by atomic mass is 10.0. The molecule has 2 aromatic carbocycles. The lowest BCUT2D eigenvalue weighted by molar-refractivity contribution is -0.110. The second kappa shape index (κ2) is 6.30. The first kappa shape index (κ1) is 16.5. The summed E-state index contributed by atoms with van der Waals surface area (Å²) in [5, 5.41) is 13.1. The molecular formula is C16H10Br3NO3. The van der Waals surface area contributed by atoms with Crippen LogP contribution < -0.4 is 10.1 Å². The Balaban J connectivity index is 2.19. The SMILES string of the molecule is COc1cc(Br)c(O)c(C=C2C(=O)Nc3c(Br)cc(Br)cc32)c1. The molecule has 1 aliphatic heterocycles. The summed E-state index contributed by atoms with van der Waals surface area (Å²) in [6, 6.07) is 7.05. The van der Waals surface area contributed by atoms with Gasteiger partial charge in [0.25, 0.3) is 5.91 Å². The molecule has 1 heterocycles. The highest BCUT2D eigenvalue weighted by Crippen LogP contribution is 2.42. The van der Waals surface area contributed by atoms with E-state index < -0.39 is 0 Å². The van der Waals surface area contributed by atoms with Crippen molar-refractivity contribution in [2.75, 3.05) is 12.4 Å². The third-order valence-electron chi connectivity index (χ3n) is 3.43. The third-order valence-corrected chi connectivity index (χ3v) is 5.12. The fourth-order valence-electron chi connectivity index (χ4n) is 2.34. The summed E-state index contributed by atoms with van der Waals surface area (Å²) in [6.45, 7) is 0. The number of hydrogen-bond acceptors (Lipinski definition) is 3. The average Bonchev–Trinajstić information content (AvgIpc) is 2.80. The van der Waals surface area contributed by atoms with Gasteiger partial charge in [-0.05, 0) is 62.2 Å². The third kappa shape index (κ3) is 3.05. The Morgan fingerprint density at radius 1 is 1.13 bits per heavy atom. The van der Waals surface area contributed by atoms with Crippen LogP contribution in [0.1, 0.15) is 11.1 Å². The molecule has 0 atom stereocenters. The van der Waals surface area contributed by atoms with Gasteiger partial charge < -0.3 is 15.2 Å². The maximum Gasteiger partial charge on any atom is 0.256 e. The molecule has 3 rings (SSSR count). The molecule has 23 heavy (non-hydrogen) atoms. The lowest BCUT2D eigenvalue weighted by Gasteiger charge is -2.07. The summed E-state index contributed by atoms with van der Waals surface area (Å²) in [7, 11) is 1.54. The molecule has 2 aromatic rings. The van der Waals surface area contributed by atoms with Crippen molar-refractivity contribution in [2.24, 2.45) is 0 Å². The first-order valence-corrected chi connectivity index (χ1v) is 8.87. The molecule has 0 fully saturated rings. The number of phenols is 1. The number of carbonyl (C=O) groups excluding carboxylic acids is 1. The van der Waals surface area contributed by atoms with Crippen LogP contribution >= 0.6 is 47.8 Å². The quantitative estimate of drug-likeness (QED) is 0.555. The van der Waals surface area contributed by atoms with Gasteiger partial charge in [0.2, 0.25) is 0 Å². The van der Waals surface area contributed by atoms with Crippen LogP contribution in [0.4, 0.5) is 5.69 Å². The van der Waals surface area contributed by atoms with E-state index in [4.69, 9.17) is 4.74 Å². The van der Waals surface area contributed by atoms with Gasteiger partial charge in [-0.3, -0.25) is 4.79 Å². The van der Waals surface area contributed by atoms with E-state index in [1.54, 1.807) is 25.3 Å². The predicted octanol–water partition coefficient (Wildman–Crippen LogP) is 5.18. The summed E-state index contributed by atoms with van der Waals surface area (Å²) in [5.41, 5.74) is 2.43. The zero-order valence-corrected chi connectivity index (χ0v) is 16.5. The number of ether oxygens (including phenoxy) is 1. The first-order chi connectivity index (χ1) is 10.9. The van der Waals surface area contributed by atoms with Gasteiger partial charge in [0.1, 0.15) is 11.5 Å². The Hall–Kier alpha value is -1.31. The van der Waals surface area contributed by atoms with Crippen molar-refractivity contribution in [3.8, 4) is 11.5 Å². The lowest BCUT2D eigenvalue weighted by Crippen LogP contribution is -2.03. The van der Waals surface area contributed by atoms with Crippen LogP contribution in [0.3, 0.4) is 0 Å². The van der Waals surface area contributed by atoms with Crippen LogP contribution in [0, 0.1) is 0 Å². The smallest absolute Gasteiger partial charge is 0.256 e. The molecule has 2 N–H and O–H groups in total. The summed E-state index contributed by atoms with van der Waals surface area (Å²) in [4.78, 5) is 12.3. The number of amides is 1. The topological polar surface area (TPSA) is 58.6 Å². The molecule has 0 bridgehead atoms. The molecule has 0 saturated heterocycles. The number of hydrogen-bond donors (Lipinski definition) is 2. The Labute approximate surface area is 157 Å². The molecule has 118 valence electrons. The monoisotopic (exact) mass is 501 g/mol. The zero-order chi connectivity index (χ0) is 16.7. The van der Waals surface area contributed by atoms with E-state index in [0.29, 0.717) is 27.0 Å². The molecule has 4 nitrogen and oxygen atoms in total. The molecule has 0 unspecified atom stereocenters. The van der Waals surface area contributed by atoms with E-state index in [-0.39, 0.29) is 11.7 Å². The van der Waals surface area contributed by atoms with Crippen molar-refractivity contribution >= 4 is 71.0 Å². The van der Waals surface area contributed by atoms with Gasteiger partial charge in [-0.2, -0.15) is 0 Å². The standard InChI is InChI=1S/C16H10Br3NO3/c1-23-9-2-7(15(21)13(19)6-9)3-11-10-4-8(17)5-12(18)14(10)20-16(11)22/h2-6,21H,1H3,(H,20,22). The van der Waals surface area contributed by atoms with Crippen LogP contribution in [0.2, 0.25) is 0 Å². The van der Waals surface area contributed by atoms with Crippen LogP contribution in [-0.2, 0) is 4.79 Å². The number of methoxy groups -OCH3 is 1. The van der Waals surface area contributed by atoms with E-state index in [1.165, 1.54) is 0 Å². The molecular weight excluding hydrogens is 494 g/mol. The number of nitrogens with one attached hydrogen (secondary N) is 1. The highest BCUT2D eigenvalue weighted by molar-refractivity contribution is 9.11. The van der Waals surface area contributed by atoms with Gasteiger partial charge in [-0.1, -0.05) is 15.9 Å². The summed E-state index contributed by atoms with van der Waals surface area (Å²) < 4.78 is 7.34. The van der Waals surface area contributed by atoms with Crippen LogP contribution in [0.15, 0.2) is 37.7 Å². The van der Waals surface area contributed by atoms with Crippen LogP contribution in [-0.4, -0.2) is 18.1 Å². The normalized spacial score (nSPS) is 14.8. The van der Waals surface area contributed by atoms with Crippen LogP contribution in [0.25, 0.3) is 11.6 Å². The number of anilines is 1. The van der Waals surface area contributed by atoms with E-state index in [1.807, 2.05) is 12.1 Å². The van der Waals surface area contributed by atoms with Gasteiger partial charge in [0, 0.05) is 25.6 Å². The second-order valence-electron chi connectivity index (χ2n) is 4.87. The summed E-state index contributed by atoms with van der Waals surface area (Å²) in [5.74, 6) is 0.404. The minimum atomic E-state index is -0.225. The van der Waals surface area contributed by atoms with Crippen molar-refractivity contribution in [1.29, 1.82) is 0 Å². The summed E-state index contributed by atoms with van der Waals surface area (Å²) in [6.07, 6.45) is 1.64. The van der Waals surface area contributed by atoms with E-state index >= 15 is 0 Å². The van der Waals surface area contributed by atoms with Crippen molar-refractivity contribution < 1.29 is 14.6 Å². The van der Waals surface area contributed by atoms with E-state index in [0.717, 1.165) is 14.5 Å². The van der Waals surface area contributed by atoms with Crippen LogP contribution in [0.5, 0.6) is 11.5 Å². The Kier molecular flexibility index (Phi) is 4.53. The van der Waals surface area contributed by atoms with Gasteiger partial charge in [0.05, 0.1) is 17.3 Å². The van der Waals surface area contributed by atoms with E-state index in [9.17, 15) is 9.90 Å². The number of carbonyl (C=O) groups is 1. The molecule has 0 spiro atoms. The Morgan fingerprint density at radius 3 is 2.57 bits per heavy atom. The van der Waals surface area contributed by atoms with Gasteiger partial charge >= 0.3 is 0 Å². The number of phenolic OH excluding ortho intramolecular Hbond substituents is 1. The highest BCUT2D eigenvalue weighted by Gasteiger charge is 2.27. The molecule has 0 radical (unpaired) electrons. The van der Waals surface area contributed by atoms with Gasteiger partial charge in [-0.15, -0.1) is 0 Å². The molecule has 0 aliphatic carbocycles. The first-order valence-electron chi connectivity index (χ1n) is 6.49. The Morgan fingerprint density at radius 2 is 1.87 bits per heavy atom. The van der Waals surface area contributed by atoms with Crippen molar-refractivity contribution in [2.45, 2.75) is 0 Å². The molecule has 0 aromatic heterocycles. The van der Waals surface area contributed by atoms with Gasteiger partial charge in [-0.25, -0.2) is 0 Å². The minimum Gasteiger partial charge on any atom is -0.506 e. The number of rotatable bonds is 2.